The lowest BCUT2D eigenvalue weighted by Crippen LogP contribution is -2.36. The molecule has 1 aliphatic carbocycles. The van der Waals surface area contributed by atoms with Gasteiger partial charge in [0.25, 0.3) is 11.2 Å². The topological polar surface area (TPSA) is 125 Å². The van der Waals surface area contributed by atoms with Crippen LogP contribution in [0.15, 0.2) is 23.0 Å². The molecule has 9 nitrogen and oxygen atoms in total. The van der Waals surface area contributed by atoms with E-state index in [0.29, 0.717) is 47.8 Å². The van der Waals surface area contributed by atoms with Crippen LogP contribution in [0.3, 0.4) is 0 Å². The molecule has 168 valence electrons. The summed E-state index contributed by atoms with van der Waals surface area (Å²) >= 11 is 1.51. The molecule has 0 radical (unpaired) electrons. The molecule has 1 aliphatic heterocycles. The monoisotopic (exact) mass is 463 g/mol. The molecule has 0 saturated carbocycles. The van der Waals surface area contributed by atoms with Gasteiger partial charge in [0.05, 0.1) is 29.1 Å². The molecule has 33 heavy (non-hydrogen) atoms. The Bertz CT molecular complexity index is 1380. The van der Waals surface area contributed by atoms with Gasteiger partial charge in [-0.2, -0.15) is 5.26 Å². The van der Waals surface area contributed by atoms with Crippen molar-refractivity contribution in [3.05, 3.63) is 60.5 Å². The van der Waals surface area contributed by atoms with Crippen LogP contribution >= 0.6 is 11.3 Å². The second kappa shape index (κ2) is 8.77. The number of H-pyrrole nitrogens is 1. The fraction of sp³-hybridized carbons (Fsp3) is 0.348. The van der Waals surface area contributed by atoms with Crippen molar-refractivity contribution in [3.8, 4) is 6.07 Å². The molecular weight excluding hydrogens is 442 g/mol. The lowest BCUT2D eigenvalue weighted by Gasteiger charge is -2.28. The van der Waals surface area contributed by atoms with Crippen molar-refractivity contribution in [1.82, 2.24) is 9.97 Å². The fourth-order valence-electron chi connectivity index (χ4n) is 4.46. The van der Waals surface area contributed by atoms with Crippen molar-refractivity contribution in [2.45, 2.75) is 25.7 Å². The Balaban J connectivity index is 1.54. The zero-order valence-electron chi connectivity index (χ0n) is 17.8. The minimum absolute atomic E-state index is 0.0363. The van der Waals surface area contributed by atoms with Crippen molar-refractivity contribution in [2.24, 2.45) is 0 Å². The number of aromatic nitrogens is 2. The quantitative estimate of drug-likeness (QED) is 0.355. The standard InChI is InChI=1S/C23H21N5O4S/c24-13-15(21-25-22(29)20-16-3-1-2-4-19(16)33-23(20)26-21)11-14-5-6-17(18(12-14)28(30)31)27-7-9-32-10-8-27/h5-6,11-12H,1-4,7-10H2,(H,25,26,29)/b15-11-. The third kappa shape index (κ3) is 4.01. The van der Waals surface area contributed by atoms with Crippen LogP contribution < -0.4 is 10.5 Å². The number of morpholine rings is 1. The predicted molar refractivity (Wildman–Crippen MR) is 126 cm³/mol. The lowest BCUT2D eigenvalue weighted by molar-refractivity contribution is -0.384. The van der Waals surface area contributed by atoms with Gasteiger partial charge < -0.3 is 14.6 Å². The van der Waals surface area contributed by atoms with E-state index >= 15 is 0 Å². The summed E-state index contributed by atoms with van der Waals surface area (Å²) in [5.74, 6) is 0.175. The molecule has 2 aliphatic rings. The molecule has 1 fully saturated rings. The number of hydrogen-bond acceptors (Lipinski definition) is 8. The van der Waals surface area contributed by atoms with Crippen LogP contribution in [-0.2, 0) is 17.6 Å². The van der Waals surface area contributed by atoms with Crippen LogP contribution in [0, 0.1) is 21.4 Å². The summed E-state index contributed by atoms with van der Waals surface area (Å²) in [6, 6.07) is 6.95. The Morgan fingerprint density at radius 1 is 1.30 bits per heavy atom. The highest BCUT2D eigenvalue weighted by molar-refractivity contribution is 7.18. The molecule has 0 unspecified atom stereocenters. The average Bonchev–Trinajstić information content (AvgIpc) is 3.22. The summed E-state index contributed by atoms with van der Waals surface area (Å²) < 4.78 is 5.34. The normalized spacial score (nSPS) is 16.5. The molecule has 3 aromatic rings. The van der Waals surface area contributed by atoms with Crippen LogP contribution in [0.5, 0.6) is 0 Å². The number of nitriles is 1. The number of fused-ring (bicyclic) bond motifs is 3. The van der Waals surface area contributed by atoms with E-state index in [4.69, 9.17) is 4.74 Å². The van der Waals surface area contributed by atoms with Gasteiger partial charge in [0.2, 0.25) is 0 Å². The number of hydrogen-bond donors (Lipinski definition) is 1. The number of aromatic amines is 1. The van der Waals surface area contributed by atoms with Crippen molar-refractivity contribution < 1.29 is 9.66 Å². The average molecular weight is 464 g/mol. The number of rotatable bonds is 4. The molecule has 1 saturated heterocycles. The smallest absolute Gasteiger partial charge is 0.293 e. The van der Waals surface area contributed by atoms with Crippen LogP contribution in [0.4, 0.5) is 11.4 Å². The molecular formula is C23H21N5O4S. The van der Waals surface area contributed by atoms with Gasteiger partial charge in [-0.05, 0) is 49.0 Å². The van der Waals surface area contributed by atoms with Gasteiger partial charge >= 0.3 is 0 Å². The second-order valence-corrected chi connectivity index (χ2v) is 9.16. The number of benzene rings is 1. The summed E-state index contributed by atoms with van der Waals surface area (Å²) in [6.45, 7) is 2.20. The Hall–Kier alpha value is -3.55. The maximum atomic E-state index is 12.8. The van der Waals surface area contributed by atoms with Gasteiger partial charge in [-0.1, -0.05) is 6.07 Å². The number of aryl methyl sites for hydroxylation is 2. The van der Waals surface area contributed by atoms with E-state index in [1.807, 2.05) is 4.90 Å². The molecule has 0 bridgehead atoms. The van der Waals surface area contributed by atoms with E-state index in [0.717, 1.165) is 31.2 Å². The molecule has 0 spiro atoms. The van der Waals surface area contributed by atoms with Gasteiger partial charge in [-0.25, -0.2) is 4.98 Å². The summed E-state index contributed by atoms with van der Waals surface area (Å²) in [6.07, 6.45) is 5.51. The minimum Gasteiger partial charge on any atom is -0.378 e. The third-order valence-electron chi connectivity index (χ3n) is 6.06. The number of nitro groups is 1. The molecule has 3 heterocycles. The largest absolute Gasteiger partial charge is 0.378 e. The SMILES string of the molecule is N#C/C(=C/c1ccc(N2CCOCC2)c([N+](=O)[O-])c1)c1nc2sc3c(c2c(=O)[nH]1)CCCC3. The molecule has 10 heteroatoms. The summed E-state index contributed by atoms with van der Waals surface area (Å²) in [7, 11) is 0. The maximum absolute atomic E-state index is 12.8. The van der Waals surface area contributed by atoms with Crippen LogP contribution in [-0.4, -0.2) is 41.2 Å². The maximum Gasteiger partial charge on any atom is 0.293 e. The lowest BCUT2D eigenvalue weighted by atomic mass is 9.97. The van der Waals surface area contributed by atoms with Crippen molar-refractivity contribution in [1.29, 1.82) is 5.26 Å². The van der Waals surface area contributed by atoms with E-state index in [1.54, 1.807) is 12.1 Å². The van der Waals surface area contributed by atoms with Crippen molar-refractivity contribution in [2.75, 3.05) is 31.2 Å². The van der Waals surface area contributed by atoms with E-state index in [9.17, 15) is 20.2 Å². The highest BCUT2D eigenvalue weighted by Crippen LogP contribution is 2.34. The minimum atomic E-state index is -0.420. The van der Waals surface area contributed by atoms with Crippen molar-refractivity contribution >= 4 is 44.6 Å². The molecule has 1 N–H and O–H groups in total. The number of nitrogens with zero attached hydrogens (tertiary/aromatic N) is 4. The predicted octanol–water partition coefficient (Wildman–Crippen LogP) is 3.67. The zero-order valence-corrected chi connectivity index (χ0v) is 18.6. The zero-order chi connectivity index (χ0) is 22.9. The van der Waals surface area contributed by atoms with E-state index in [1.165, 1.54) is 28.4 Å². The number of ether oxygens (including phenoxy) is 1. The first kappa shape index (κ1) is 21.3. The van der Waals surface area contributed by atoms with Crippen LogP contribution in [0.25, 0.3) is 21.9 Å². The Morgan fingerprint density at radius 3 is 2.85 bits per heavy atom. The molecule has 2 aromatic heterocycles. The second-order valence-electron chi connectivity index (χ2n) is 8.08. The van der Waals surface area contributed by atoms with E-state index < -0.39 is 4.92 Å². The van der Waals surface area contributed by atoms with Gasteiger partial charge in [0, 0.05) is 24.0 Å². The number of thiophene rings is 1. The van der Waals surface area contributed by atoms with Gasteiger partial charge in [-0.3, -0.25) is 14.9 Å². The van der Waals surface area contributed by atoms with Gasteiger partial charge in [0.15, 0.2) is 5.82 Å². The Labute approximate surface area is 193 Å². The van der Waals surface area contributed by atoms with Gasteiger partial charge in [0.1, 0.15) is 16.6 Å². The van der Waals surface area contributed by atoms with E-state index in [-0.39, 0.29) is 22.6 Å². The summed E-state index contributed by atoms with van der Waals surface area (Å²) in [4.78, 5) is 35.2. The highest BCUT2D eigenvalue weighted by atomic mass is 32.1. The Kier molecular flexibility index (Phi) is 5.66. The van der Waals surface area contributed by atoms with E-state index in [2.05, 4.69) is 16.0 Å². The molecule has 0 amide bonds. The fourth-order valence-corrected chi connectivity index (χ4v) is 5.72. The number of nitro benzene ring substituents is 1. The van der Waals surface area contributed by atoms with Crippen LogP contribution in [0.1, 0.15) is 34.7 Å². The van der Waals surface area contributed by atoms with Gasteiger partial charge in [-0.15, -0.1) is 11.3 Å². The first-order chi connectivity index (χ1) is 16.0. The Morgan fingerprint density at radius 2 is 2.09 bits per heavy atom. The first-order valence-corrected chi connectivity index (χ1v) is 11.6. The third-order valence-corrected chi connectivity index (χ3v) is 7.25. The number of allylic oxidation sites excluding steroid dienone is 1. The molecule has 0 atom stereocenters. The van der Waals surface area contributed by atoms with Crippen molar-refractivity contribution in [3.63, 3.8) is 0 Å². The summed E-state index contributed by atoms with van der Waals surface area (Å²) in [5, 5.41) is 22.1. The first-order valence-electron chi connectivity index (χ1n) is 10.8. The number of anilines is 1. The highest BCUT2D eigenvalue weighted by Gasteiger charge is 2.23. The number of nitrogens with one attached hydrogen (secondary N) is 1. The van der Waals surface area contributed by atoms with Crippen LogP contribution in [0.2, 0.25) is 0 Å². The molecule has 5 rings (SSSR count). The molecule has 1 aromatic carbocycles. The summed E-state index contributed by atoms with van der Waals surface area (Å²) in [5.41, 5.74) is 1.96.